The molecule has 2 amide bonds. The summed E-state index contributed by atoms with van der Waals surface area (Å²) in [6.45, 7) is 3.42. The van der Waals surface area contributed by atoms with E-state index in [1.807, 2.05) is 13.8 Å². The Morgan fingerprint density at radius 1 is 1.38 bits per heavy atom. The highest BCUT2D eigenvalue weighted by Crippen LogP contribution is 2.33. The molecule has 1 fully saturated rings. The summed E-state index contributed by atoms with van der Waals surface area (Å²) < 4.78 is 38.1. The highest BCUT2D eigenvalue weighted by atomic mass is 19.4. The number of alkyl halides is 3. The van der Waals surface area contributed by atoms with Gasteiger partial charge in [0.1, 0.15) is 6.04 Å². The van der Waals surface area contributed by atoms with E-state index in [2.05, 4.69) is 5.32 Å². The molecule has 0 aromatic heterocycles. The molecule has 0 aromatic rings. The van der Waals surface area contributed by atoms with Crippen LogP contribution in [0, 0.1) is 11.8 Å². The Labute approximate surface area is 121 Å². The van der Waals surface area contributed by atoms with E-state index in [1.165, 1.54) is 0 Å². The second-order valence-corrected chi connectivity index (χ2v) is 5.80. The number of halogens is 3. The quantitative estimate of drug-likeness (QED) is 0.838. The fraction of sp³-hybridized carbons (Fsp3) is 0.846. The minimum atomic E-state index is -4.33. The minimum absolute atomic E-state index is 0.00162. The maximum absolute atomic E-state index is 12.7. The van der Waals surface area contributed by atoms with E-state index in [0.29, 0.717) is 0 Å². The molecule has 1 aliphatic heterocycles. The first kappa shape index (κ1) is 17.6. The Morgan fingerprint density at radius 2 is 2.00 bits per heavy atom. The zero-order valence-electron chi connectivity index (χ0n) is 12.1. The van der Waals surface area contributed by atoms with Gasteiger partial charge in [-0.2, -0.15) is 13.2 Å². The van der Waals surface area contributed by atoms with Crippen molar-refractivity contribution < 1.29 is 27.9 Å². The molecule has 21 heavy (non-hydrogen) atoms. The lowest BCUT2D eigenvalue weighted by atomic mass is 9.98. The van der Waals surface area contributed by atoms with Crippen molar-refractivity contribution in [2.45, 2.75) is 45.3 Å². The molecule has 0 radical (unpaired) electrons. The molecule has 5 nitrogen and oxygen atoms in total. The van der Waals surface area contributed by atoms with Crippen LogP contribution in [0.15, 0.2) is 0 Å². The van der Waals surface area contributed by atoms with Crippen molar-refractivity contribution in [3.63, 3.8) is 0 Å². The zero-order valence-corrected chi connectivity index (χ0v) is 12.1. The molecule has 0 spiro atoms. The summed E-state index contributed by atoms with van der Waals surface area (Å²) in [6.07, 6.45) is -3.83. The molecular weight excluding hydrogens is 289 g/mol. The highest BCUT2D eigenvalue weighted by Gasteiger charge is 2.43. The van der Waals surface area contributed by atoms with E-state index in [0.717, 1.165) is 4.90 Å². The number of amides is 2. The number of hydrogen-bond acceptors (Lipinski definition) is 2. The van der Waals surface area contributed by atoms with Crippen molar-refractivity contribution in [2.75, 3.05) is 13.1 Å². The van der Waals surface area contributed by atoms with Crippen molar-refractivity contribution in [1.82, 2.24) is 10.2 Å². The standard InChI is InChI=1S/C13H21F3N2O3/c1-8(2)6-10(11(19)20)17-12(21)18-5-3-4-9(7-18)13(14,15)16/h8-10H,3-7H2,1-2H3,(H,17,21)(H,19,20)/t9?,10-/m1/s1. The topological polar surface area (TPSA) is 69.6 Å². The number of likely N-dealkylation sites (tertiary alicyclic amines) is 1. The number of carbonyl (C=O) groups is 2. The first-order chi connectivity index (χ1) is 9.61. The van der Waals surface area contributed by atoms with Crippen LogP contribution in [0.5, 0.6) is 0 Å². The van der Waals surface area contributed by atoms with Gasteiger partial charge < -0.3 is 15.3 Å². The summed E-state index contributed by atoms with van der Waals surface area (Å²) in [7, 11) is 0. The van der Waals surface area contributed by atoms with Gasteiger partial charge in [-0.1, -0.05) is 13.8 Å². The SMILES string of the molecule is CC(C)C[C@@H](NC(=O)N1CCCC(C(F)(F)F)C1)C(=O)O. The average molecular weight is 310 g/mol. The van der Waals surface area contributed by atoms with Crippen molar-refractivity contribution in [1.29, 1.82) is 0 Å². The lowest BCUT2D eigenvalue weighted by molar-refractivity contribution is -0.184. The van der Waals surface area contributed by atoms with Crippen LogP contribution in [0.4, 0.5) is 18.0 Å². The van der Waals surface area contributed by atoms with Crippen LogP contribution in [-0.2, 0) is 4.79 Å². The Bertz CT molecular complexity index is 385. The van der Waals surface area contributed by atoms with Gasteiger partial charge in [0.05, 0.1) is 5.92 Å². The molecule has 1 aliphatic rings. The van der Waals surface area contributed by atoms with E-state index in [4.69, 9.17) is 5.11 Å². The number of carboxylic acid groups (broad SMARTS) is 1. The normalized spacial score (nSPS) is 21.2. The van der Waals surface area contributed by atoms with E-state index in [1.54, 1.807) is 0 Å². The Morgan fingerprint density at radius 3 is 2.48 bits per heavy atom. The van der Waals surface area contributed by atoms with Crippen molar-refractivity contribution in [3.05, 3.63) is 0 Å². The van der Waals surface area contributed by atoms with E-state index >= 15 is 0 Å². The van der Waals surface area contributed by atoms with Gasteiger partial charge in [-0.05, 0) is 25.2 Å². The molecule has 0 aromatic carbocycles. The second kappa shape index (κ2) is 7.00. The largest absolute Gasteiger partial charge is 0.480 e. The zero-order chi connectivity index (χ0) is 16.2. The second-order valence-electron chi connectivity index (χ2n) is 5.80. The number of nitrogens with zero attached hydrogens (tertiary/aromatic N) is 1. The van der Waals surface area contributed by atoms with Crippen molar-refractivity contribution in [3.8, 4) is 0 Å². The van der Waals surface area contributed by atoms with Crippen molar-refractivity contribution >= 4 is 12.0 Å². The molecule has 1 heterocycles. The van der Waals surface area contributed by atoms with Gasteiger partial charge in [-0.15, -0.1) is 0 Å². The number of carbonyl (C=O) groups excluding carboxylic acids is 1. The minimum Gasteiger partial charge on any atom is -0.480 e. The lowest BCUT2D eigenvalue weighted by Crippen LogP contribution is -2.52. The van der Waals surface area contributed by atoms with Crippen LogP contribution in [0.2, 0.25) is 0 Å². The van der Waals surface area contributed by atoms with E-state index in [9.17, 15) is 22.8 Å². The summed E-state index contributed by atoms with van der Waals surface area (Å²) >= 11 is 0. The number of rotatable bonds is 4. The number of aliphatic carboxylic acids is 1. The first-order valence-electron chi connectivity index (χ1n) is 6.96. The Balaban J connectivity index is 2.63. The van der Waals surface area contributed by atoms with Crippen LogP contribution >= 0.6 is 0 Å². The summed E-state index contributed by atoms with van der Waals surface area (Å²) in [6, 6.07) is -1.82. The fourth-order valence-electron chi connectivity index (χ4n) is 2.36. The van der Waals surface area contributed by atoms with E-state index in [-0.39, 0.29) is 31.7 Å². The molecule has 0 bridgehead atoms. The number of carboxylic acids is 1. The number of piperidine rings is 1. The third-order valence-corrected chi connectivity index (χ3v) is 3.47. The molecular formula is C13H21F3N2O3. The predicted molar refractivity (Wildman–Crippen MR) is 69.8 cm³/mol. The van der Waals surface area contributed by atoms with Gasteiger partial charge in [-0.3, -0.25) is 0 Å². The average Bonchev–Trinajstić information content (AvgIpc) is 2.36. The third-order valence-electron chi connectivity index (χ3n) is 3.47. The lowest BCUT2D eigenvalue weighted by Gasteiger charge is -2.34. The fourth-order valence-corrected chi connectivity index (χ4v) is 2.36. The van der Waals surface area contributed by atoms with Crippen LogP contribution in [0.1, 0.15) is 33.1 Å². The third kappa shape index (κ3) is 5.43. The van der Waals surface area contributed by atoms with Crippen LogP contribution in [0.3, 0.4) is 0 Å². The Hall–Kier alpha value is -1.47. The van der Waals surface area contributed by atoms with E-state index < -0.39 is 36.7 Å². The first-order valence-corrected chi connectivity index (χ1v) is 6.96. The molecule has 2 N–H and O–H groups in total. The van der Waals surface area contributed by atoms with Crippen molar-refractivity contribution in [2.24, 2.45) is 11.8 Å². The molecule has 0 aliphatic carbocycles. The van der Waals surface area contributed by atoms with Crippen LogP contribution in [0.25, 0.3) is 0 Å². The predicted octanol–water partition coefficient (Wildman–Crippen LogP) is 2.47. The van der Waals surface area contributed by atoms with Gasteiger partial charge in [0.25, 0.3) is 0 Å². The molecule has 1 unspecified atom stereocenters. The Kier molecular flexibility index (Phi) is 5.86. The highest BCUT2D eigenvalue weighted by molar-refractivity contribution is 5.82. The maximum atomic E-state index is 12.7. The van der Waals surface area contributed by atoms with Gasteiger partial charge in [0.15, 0.2) is 0 Å². The molecule has 1 rings (SSSR count). The van der Waals surface area contributed by atoms with Crippen LogP contribution in [-0.4, -0.2) is 47.3 Å². The molecule has 0 saturated carbocycles. The monoisotopic (exact) mass is 310 g/mol. The number of hydrogen-bond donors (Lipinski definition) is 2. The molecule has 2 atom stereocenters. The maximum Gasteiger partial charge on any atom is 0.393 e. The van der Waals surface area contributed by atoms with Gasteiger partial charge in [0, 0.05) is 13.1 Å². The summed E-state index contributed by atoms with van der Waals surface area (Å²) in [4.78, 5) is 24.1. The summed E-state index contributed by atoms with van der Waals surface area (Å²) in [5.41, 5.74) is 0. The summed E-state index contributed by atoms with van der Waals surface area (Å²) in [5, 5.41) is 11.3. The number of nitrogens with one attached hydrogen (secondary N) is 1. The van der Waals surface area contributed by atoms with Gasteiger partial charge >= 0.3 is 18.2 Å². The van der Waals surface area contributed by atoms with Gasteiger partial charge in [0.2, 0.25) is 0 Å². The summed E-state index contributed by atoms with van der Waals surface area (Å²) in [5.74, 6) is -2.66. The number of urea groups is 1. The smallest absolute Gasteiger partial charge is 0.393 e. The molecule has 122 valence electrons. The molecule has 1 saturated heterocycles. The van der Waals surface area contributed by atoms with Crippen LogP contribution < -0.4 is 5.32 Å². The van der Waals surface area contributed by atoms with Gasteiger partial charge in [-0.25, -0.2) is 9.59 Å². The molecule has 8 heteroatoms.